The number of nitrogens with one attached hydrogen (secondary N) is 1. The van der Waals surface area contributed by atoms with Gasteiger partial charge in [0.05, 0.1) is 6.07 Å². The Morgan fingerprint density at radius 3 is 2.58 bits per heavy atom. The van der Waals surface area contributed by atoms with Crippen LogP contribution in [-0.2, 0) is 4.79 Å². The smallest absolute Gasteiger partial charge is 0.221 e. The summed E-state index contributed by atoms with van der Waals surface area (Å²) in [4.78, 5) is 12.0. The molecule has 1 amide bonds. The lowest BCUT2D eigenvalue weighted by atomic mass is 9.87. The van der Waals surface area contributed by atoms with Crippen LogP contribution in [0.5, 0.6) is 0 Å². The van der Waals surface area contributed by atoms with Crippen LogP contribution in [0.1, 0.15) is 50.1 Å². The number of nitriles is 1. The Labute approximate surface area is 114 Å². The van der Waals surface area contributed by atoms with Crippen LogP contribution in [0.2, 0.25) is 0 Å². The van der Waals surface area contributed by atoms with Gasteiger partial charge in [-0.15, -0.1) is 0 Å². The van der Waals surface area contributed by atoms with Crippen LogP contribution in [0.25, 0.3) is 0 Å². The van der Waals surface area contributed by atoms with Crippen molar-refractivity contribution in [1.29, 1.82) is 5.26 Å². The van der Waals surface area contributed by atoms with Crippen LogP contribution in [0.15, 0.2) is 30.3 Å². The largest absolute Gasteiger partial charge is 0.337 e. The second-order valence-corrected chi connectivity index (χ2v) is 5.25. The number of benzene rings is 1. The molecule has 1 saturated carbocycles. The third-order valence-corrected chi connectivity index (χ3v) is 3.77. The van der Waals surface area contributed by atoms with E-state index in [1.54, 1.807) is 0 Å². The highest BCUT2D eigenvalue weighted by molar-refractivity contribution is 5.77. The SMILES string of the molecule is N#CC(NC(=O)CC1CCCCC1)c1ccccc1. The van der Waals surface area contributed by atoms with Gasteiger partial charge in [0.25, 0.3) is 0 Å². The summed E-state index contributed by atoms with van der Waals surface area (Å²) in [5, 5.41) is 12.0. The fourth-order valence-corrected chi connectivity index (χ4v) is 2.71. The Morgan fingerprint density at radius 2 is 1.95 bits per heavy atom. The molecule has 0 bridgehead atoms. The van der Waals surface area contributed by atoms with Crippen LogP contribution in [0.3, 0.4) is 0 Å². The molecule has 1 aliphatic rings. The van der Waals surface area contributed by atoms with E-state index < -0.39 is 6.04 Å². The molecule has 3 nitrogen and oxygen atoms in total. The molecule has 0 radical (unpaired) electrons. The zero-order valence-corrected chi connectivity index (χ0v) is 11.1. The van der Waals surface area contributed by atoms with Crippen LogP contribution < -0.4 is 5.32 Å². The molecule has 0 spiro atoms. The zero-order valence-electron chi connectivity index (χ0n) is 11.1. The molecule has 1 N–H and O–H groups in total. The number of carbonyl (C=O) groups is 1. The third-order valence-electron chi connectivity index (χ3n) is 3.77. The molecule has 1 fully saturated rings. The fourth-order valence-electron chi connectivity index (χ4n) is 2.71. The summed E-state index contributed by atoms with van der Waals surface area (Å²) in [5.41, 5.74) is 0.849. The molecule has 19 heavy (non-hydrogen) atoms. The van der Waals surface area contributed by atoms with Gasteiger partial charge in [-0.25, -0.2) is 0 Å². The van der Waals surface area contributed by atoms with E-state index in [-0.39, 0.29) is 5.91 Å². The highest BCUT2D eigenvalue weighted by atomic mass is 16.1. The van der Waals surface area contributed by atoms with E-state index in [2.05, 4.69) is 11.4 Å². The second kappa shape index (κ2) is 6.94. The van der Waals surface area contributed by atoms with Crippen molar-refractivity contribution in [3.8, 4) is 6.07 Å². The van der Waals surface area contributed by atoms with E-state index in [0.29, 0.717) is 12.3 Å². The summed E-state index contributed by atoms with van der Waals surface area (Å²) >= 11 is 0. The average Bonchev–Trinajstić information content (AvgIpc) is 2.47. The third kappa shape index (κ3) is 4.10. The first kappa shape index (κ1) is 13.6. The summed E-state index contributed by atoms with van der Waals surface area (Å²) in [7, 11) is 0. The monoisotopic (exact) mass is 256 g/mol. The van der Waals surface area contributed by atoms with Crippen molar-refractivity contribution in [2.75, 3.05) is 0 Å². The molecule has 0 aromatic heterocycles. The van der Waals surface area contributed by atoms with E-state index in [4.69, 9.17) is 5.26 Å². The van der Waals surface area contributed by atoms with Crippen LogP contribution in [0, 0.1) is 17.2 Å². The topological polar surface area (TPSA) is 52.9 Å². The molecule has 0 aliphatic heterocycles. The summed E-state index contributed by atoms with van der Waals surface area (Å²) in [6, 6.07) is 11.0. The van der Waals surface area contributed by atoms with Gasteiger partial charge in [0.1, 0.15) is 6.04 Å². The summed E-state index contributed by atoms with van der Waals surface area (Å²) < 4.78 is 0. The molecule has 1 aliphatic carbocycles. The van der Waals surface area contributed by atoms with Gasteiger partial charge in [-0.2, -0.15) is 5.26 Å². The maximum absolute atomic E-state index is 12.0. The van der Waals surface area contributed by atoms with Gasteiger partial charge in [0.15, 0.2) is 0 Å². The van der Waals surface area contributed by atoms with Gasteiger partial charge in [-0.3, -0.25) is 4.79 Å². The van der Waals surface area contributed by atoms with Gasteiger partial charge in [0, 0.05) is 6.42 Å². The van der Waals surface area contributed by atoms with Crippen molar-refractivity contribution in [3.05, 3.63) is 35.9 Å². The Balaban J connectivity index is 1.88. The van der Waals surface area contributed by atoms with Crippen molar-refractivity contribution in [2.24, 2.45) is 5.92 Å². The lowest BCUT2D eigenvalue weighted by Crippen LogP contribution is -2.29. The Morgan fingerprint density at radius 1 is 1.26 bits per heavy atom. The highest BCUT2D eigenvalue weighted by Gasteiger charge is 2.19. The van der Waals surface area contributed by atoms with Crippen LogP contribution >= 0.6 is 0 Å². The summed E-state index contributed by atoms with van der Waals surface area (Å²) in [6.45, 7) is 0. The number of nitrogens with zero attached hydrogens (tertiary/aromatic N) is 1. The van der Waals surface area contributed by atoms with E-state index in [0.717, 1.165) is 18.4 Å². The average molecular weight is 256 g/mol. The number of rotatable bonds is 4. The molecule has 1 aromatic rings. The number of amides is 1. The minimum atomic E-state index is -0.530. The van der Waals surface area contributed by atoms with Crippen LogP contribution in [0.4, 0.5) is 0 Å². The predicted octanol–water partition coefficient (Wildman–Crippen LogP) is 3.34. The minimum absolute atomic E-state index is 0.00213. The molecular formula is C16H20N2O. The van der Waals surface area contributed by atoms with Crippen molar-refractivity contribution < 1.29 is 4.79 Å². The summed E-state index contributed by atoms with van der Waals surface area (Å²) in [5.74, 6) is 0.506. The van der Waals surface area contributed by atoms with Crippen molar-refractivity contribution in [3.63, 3.8) is 0 Å². The Hall–Kier alpha value is -1.82. The lowest BCUT2D eigenvalue weighted by Gasteiger charge is -2.21. The van der Waals surface area contributed by atoms with E-state index in [9.17, 15) is 4.79 Å². The van der Waals surface area contributed by atoms with Gasteiger partial charge in [-0.05, 0) is 24.3 Å². The standard InChI is InChI=1S/C16H20N2O/c17-12-15(14-9-5-2-6-10-14)18-16(19)11-13-7-3-1-4-8-13/h2,5-6,9-10,13,15H,1,3-4,7-8,11H2,(H,18,19). The molecule has 1 atom stereocenters. The maximum Gasteiger partial charge on any atom is 0.221 e. The predicted molar refractivity (Wildman–Crippen MR) is 74.1 cm³/mol. The molecule has 2 rings (SSSR count). The number of hydrogen-bond donors (Lipinski definition) is 1. The van der Waals surface area contributed by atoms with Crippen molar-refractivity contribution in [2.45, 2.75) is 44.6 Å². The molecule has 0 heterocycles. The maximum atomic E-state index is 12.0. The lowest BCUT2D eigenvalue weighted by molar-refractivity contribution is -0.122. The van der Waals surface area contributed by atoms with Gasteiger partial charge in [0.2, 0.25) is 5.91 Å². The molecule has 100 valence electrons. The molecule has 1 aromatic carbocycles. The van der Waals surface area contributed by atoms with E-state index >= 15 is 0 Å². The second-order valence-electron chi connectivity index (χ2n) is 5.25. The first-order chi connectivity index (χ1) is 9.29. The summed E-state index contributed by atoms with van der Waals surface area (Å²) in [6.07, 6.45) is 6.62. The van der Waals surface area contributed by atoms with Crippen molar-refractivity contribution >= 4 is 5.91 Å². The van der Waals surface area contributed by atoms with E-state index in [1.165, 1.54) is 19.3 Å². The van der Waals surface area contributed by atoms with E-state index in [1.807, 2.05) is 30.3 Å². The molecule has 3 heteroatoms. The Bertz CT molecular complexity index is 444. The normalized spacial score (nSPS) is 17.4. The van der Waals surface area contributed by atoms with Gasteiger partial charge < -0.3 is 5.32 Å². The van der Waals surface area contributed by atoms with Crippen molar-refractivity contribution in [1.82, 2.24) is 5.32 Å². The number of carbonyl (C=O) groups excluding carboxylic acids is 1. The molecular weight excluding hydrogens is 236 g/mol. The van der Waals surface area contributed by atoms with Crippen LogP contribution in [-0.4, -0.2) is 5.91 Å². The zero-order chi connectivity index (χ0) is 13.5. The first-order valence-electron chi connectivity index (χ1n) is 7.03. The minimum Gasteiger partial charge on any atom is -0.337 e. The van der Waals surface area contributed by atoms with Gasteiger partial charge >= 0.3 is 0 Å². The first-order valence-corrected chi connectivity index (χ1v) is 7.03. The Kier molecular flexibility index (Phi) is 4.97. The van der Waals surface area contributed by atoms with Gasteiger partial charge in [-0.1, -0.05) is 49.6 Å². The highest BCUT2D eigenvalue weighted by Crippen LogP contribution is 2.26. The molecule has 0 saturated heterocycles. The number of hydrogen-bond acceptors (Lipinski definition) is 2. The quantitative estimate of drug-likeness (QED) is 0.898. The molecule has 1 unspecified atom stereocenters. The fraction of sp³-hybridized carbons (Fsp3) is 0.500.